The van der Waals surface area contributed by atoms with Gasteiger partial charge in [0.05, 0.1) is 7.59 Å². The molecule has 0 aliphatic heterocycles. The van der Waals surface area contributed by atoms with E-state index in [0.29, 0.717) is 0 Å². The van der Waals surface area contributed by atoms with Crippen LogP contribution in [0.2, 0.25) is 32.7 Å². The van der Waals surface area contributed by atoms with Crippen molar-refractivity contribution in [2.24, 2.45) is 0 Å². The van der Waals surface area contributed by atoms with Gasteiger partial charge in [-0.05, 0) is 12.1 Å². The van der Waals surface area contributed by atoms with Crippen molar-refractivity contribution in [1.82, 2.24) is 4.98 Å². The number of hydrogen-bond acceptors (Lipinski definition) is 1. The normalized spacial score (nSPS) is 11.8. The molecule has 0 atom stereocenters. The van der Waals surface area contributed by atoms with E-state index in [0.717, 1.165) is 5.69 Å². The van der Waals surface area contributed by atoms with Crippen LogP contribution in [0.1, 0.15) is 5.69 Å². The van der Waals surface area contributed by atoms with Gasteiger partial charge in [0.1, 0.15) is 13.3 Å². The zero-order valence-electron chi connectivity index (χ0n) is 10.3. The van der Waals surface area contributed by atoms with Gasteiger partial charge >= 0.3 is 0 Å². The summed E-state index contributed by atoms with van der Waals surface area (Å²) in [5.74, 6) is 3.23. The van der Waals surface area contributed by atoms with E-state index in [1.807, 2.05) is 18.2 Å². The SMILES string of the molecule is C[Si](C)(C)[Si](C)(C)C#Cc1ccccn1. The molecule has 0 spiro atoms. The van der Waals surface area contributed by atoms with Crippen molar-refractivity contribution >= 4 is 15.2 Å². The molecule has 0 fully saturated rings. The van der Waals surface area contributed by atoms with Crippen molar-refractivity contribution in [3.05, 3.63) is 30.1 Å². The van der Waals surface area contributed by atoms with Crippen LogP contribution in [0.3, 0.4) is 0 Å². The smallest absolute Gasteiger partial charge is 0.123 e. The van der Waals surface area contributed by atoms with Crippen LogP contribution in [0, 0.1) is 11.5 Å². The minimum atomic E-state index is -1.35. The van der Waals surface area contributed by atoms with Crippen LogP contribution in [0.25, 0.3) is 0 Å². The van der Waals surface area contributed by atoms with Crippen LogP contribution in [-0.2, 0) is 0 Å². The second-order valence-electron chi connectivity index (χ2n) is 5.34. The van der Waals surface area contributed by atoms with Gasteiger partial charge < -0.3 is 0 Å². The van der Waals surface area contributed by atoms with E-state index in [1.165, 1.54) is 0 Å². The molecule has 1 heterocycles. The van der Waals surface area contributed by atoms with Crippen molar-refractivity contribution in [2.75, 3.05) is 0 Å². The van der Waals surface area contributed by atoms with Gasteiger partial charge in [-0.3, -0.25) is 0 Å². The number of hydrogen-bond donors (Lipinski definition) is 0. The maximum atomic E-state index is 4.23. The highest BCUT2D eigenvalue weighted by Gasteiger charge is 2.35. The molecule has 0 aliphatic carbocycles. The van der Waals surface area contributed by atoms with Gasteiger partial charge in [0.15, 0.2) is 0 Å². The molecule has 15 heavy (non-hydrogen) atoms. The van der Waals surface area contributed by atoms with Crippen LogP contribution in [0.15, 0.2) is 24.4 Å². The summed E-state index contributed by atoms with van der Waals surface area (Å²) in [5.41, 5.74) is 4.40. The Kier molecular flexibility index (Phi) is 3.53. The third-order valence-corrected chi connectivity index (χ3v) is 19.2. The first-order chi connectivity index (χ1) is 6.83. The summed E-state index contributed by atoms with van der Waals surface area (Å²) < 4.78 is 0. The molecule has 1 nitrogen and oxygen atoms in total. The maximum Gasteiger partial charge on any atom is 0.123 e. The van der Waals surface area contributed by atoms with Gasteiger partial charge in [-0.1, -0.05) is 44.7 Å². The van der Waals surface area contributed by atoms with Gasteiger partial charge in [-0.15, -0.1) is 5.54 Å². The quantitative estimate of drug-likeness (QED) is 0.536. The first-order valence-corrected chi connectivity index (χ1v) is 12.8. The Balaban J connectivity index is 2.92. The zero-order chi connectivity index (χ0) is 11.5. The fourth-order valence-electron chi connectivity index (χ4n) is 0.844. The Bertz CT molecular complexity index is 380. The molecule has 3 heteroatoms. The van der Waals surface area contributed by atoms with Gasteiger partial charge in [0, 0.05) is 6.20 Å². The average molecular weight is 233 g/mol. The molecule has 0 unspecified atom stereocenters. The average Bonchev–Trinajstić information content (AvgIpc) is 2.15. The standard InChI is InChI=1S/C12H19NSi2/c1-14(2,3)15(4,5)11-9-12-8-6-7-10-13-12/h6-8,10H,1-5H3. The summed E-state index contributed by atoms with van der Waals surface area (Å²) >= 11 is 0. The predicted molar refractivity (Wildman–Crippen MR) is 71.9 cm³/mol. The van der Waals surface area contributed by atoms with Crippen molar-refractivity contribution in [3.63, 3.8) is 0 Å². The molecule has 0 N–H and O–H groups in total. The lowest BCUT2D eigenvalue weighted by molar-refractivity contribution is 1.29. The summed E-state index contributed by atoms with van der Waals surface area (Å²) in [5, 5.41) is 0. The highest BCUT2D eigenvalue weighted by atomic mass is 29.3. The summed E-state index contributed by atoms with van der Waals surface area (Å²) in [6.45, 7) is 12.0. The van der Waals surface area contributed by atoms with Gasteiger partial charge in [0.2, 0.25) is 0 Å². The van der Waals surface area contributed by atoms with Crippen LogP contribution in [0.5, 0.6) is 0 Å². The van der Waals surface area contributed by atoms with Gasteiger partial charge in [0.25, 0.3) is 0 Å². The van der Waals surface area contributed by atoms with Crippen molar-refractivity contribution < 1.29 is 0 Å². The van der Waals surface area contributed by atoms with E-state index in [2.05, 4.69) is 49.2 Å². The van der Waals surface area contributed by atoms with E-state index >= 15 is 0 Å². The molecule has 80 valence electrons. The summed E-state index contributed by atoms with van der Waals surface area (Å²) in [6.07, 6.45) is 1.80. The summed E-state index contributed by atoms with van der Waals surface area (Å²) in [4.78, 5) is 4.23. The van der Waals surface area contributed by atoms with Gasteiger partial charge in [-0.25, -0.2) is 4.98 Å². The Morgan fingerprint density at radius 3 is 2.20 bits per heavy atom. The second kappa shape index (κ2) is 4.34. The lowest BCUT2D eigenvalue weighted by Crippen LogP contribution is -2.51. The first-order valence-electron chi connectivity index (χ1n) is 5.27. The minimum Gasteiger partial charge on any atom is -0.248 e. The molecule has 0 radical (unpaired) electrons. The van der Waals surface area contributed by atoms with Crippen molar-refractivity contribution in [3.8, 4) is 11.5 Å². The molecular formula is C12H19NSi2. The summed E-state index contributed by atoms with van der Waals surface area (Å²) in [6, 6.07) is 5.88. The Morgan fingerprint density at radius 2 is 1.73 bits per heavy atom. The number of pyridine rings is 1. The zero-order valence-corrected chi connectivity index (χ0v) is 12.3. The maximum absolute atomic E-state index is 4.23. The Hall–Kier alpha value is -0.856. The predicted octanol–water partition coefficient (Wildman–Crippen LogP) is 3.10. The number of aromatic nitrogens is 1. The van der Waals surface area contributed by atoms with Crippen LogP contribution in [-0.4, -0.2) is 20.2 Å². The fraction of sp³-hybridized carbons (Fsp3) is 0.417. The lowest BCUT2D eigenvalue weighted by atomic mass is 10.4. The van der Waals surface area contributed by atoms with Gasteiger partial charge in [-0.2, -0.15) is 0 Å². The Morgan fingerprint density at radius 1 is 1.07 bits per heavy atom. The molecule has 0 saturated heterocycles. The topological polar surface area (TPSA) is 12.9 Å². The molecular weight excluding hydrogens is 214 g/mol. The molecule has 1 rings (SSSR count). The van der Waals surface area contributed by atoms with E-state index in [-0.39, 0.29) is 0 Å². The third-order valence-electron chi connectivity index (χ3n) is 3.04. The molecule has 1 aromatic rings. The highest BCUT2D eigenvalue weighted by molar-refractivity contribution is 7.43. The Labute approximate surface area is 94.8 Å². The van der Waals surface area contributed by atoms with E-state index < -0.39 is 15.2 Å². The number of nitrogens with zero attached hydrogens (tertiary/aromatic N) is 1. The molecule has 0 amide bonds. The molecule has 1 aromatic heterocycles. The molecule has 0 bridgehead atoms. The van der Waals surface area contributed by atoms with Crippen molar-refractivity contribution in [2.45, 2.75) is 32.7 Å². The monoisotopic (exact) mass is 233 g/mol. The van der Waals surface area contributed by atoms with E-state index in [1.54, 1.807) is 6.20 Å². The van der Waals surface area contributed by atoms with Crippen LogP contribution >= 0.6 is 0 Å². The molecule has 0 aromatic carbocycles. The van der Waals surface area contributed by atoms with E-state index in [9.17, 15) is 0 Å². The number of rotatable bonds is 1. The fourth-order valence-corrected chi connectivity index (χ4v) is 2.97. The second-order valence-corrected chi connectivity index (χ2v) is 21.6. The first kappa shape index (κ1) is 12.2. The third kappa shape index (κ3) is 3.33. The van der Waals surface area contributed by atoms with E-state index in [4.69, 9.17) is 0 Å². The van der Waals surface area contributed by atoms with Crippen LogP contribution in [0.4, 0.5) is 0 Å². The van der Waals surface area contributed by atoms with Crippen molar-refractivity contribution in [1.29, 1.82) is 0 Å². The van der Waals surface area contributed by atoms with Crippen LogP contribution < -0.4 is 0 Å². The minimum absolute atomic E-state index is 0.899. The largest absolute Gasteiger partial charge is 0.248 e. The highest BCUT2D eigenvalue weighted by Crippen LogP contribution is 2.17. The summed E-state index contributed by atoms with van der Waals surface area (Å²) in [7, 11) is -2.45. The molecule has 0 aliphatic rings. The molecule has 0 saturated carbocycles. The lowest BCUT2D eigenvalue weighted by Gasteiger charge is -2.29.